The fourth-order valence-corrected chi connectivity index (χ4v) is 4.09. The molecule has 2 aromatic heterocycles. The first kappa shape index (κ1) is 12.5. The minimum atomic E-state index is 0.776. The summed E-state index contributed by atoms with van der Waals surface area (Å²) in [5, 5.41) is 3.96. The Balaban J connectivity index is 1.82. The molecule has 2 N–H and O–H groups in total. The summed E-state index contributed by atoms with van der Waals surface area (Å²) in [5.74, 6) is 1.71. The number of hydrogen-bond acceptors (Lipinski definition) is 6. The Labute approximate surface area is 119 Å². The number of rotatable bonds is 3. The van der Waals surface area contributed by atoms with Gasteiger partial charge in [-0.15, -0.1) is 11.3 Å². The van der Waals surface area contributed by atoms with E-state index in [9.17, 15) is 0 Å². The topological polar surface area (TPSA) is 64.9 Å². The molecule has 6 heteroatoms. The van der Waals surface area contributed by atoms with Crippen LogP contribution >= 0.6 is 23.1 Å². The van der Waals surface area contributed by atoms with Crippen molar-refractivity contribution < 1.29 is 4.52 Å². The van der Waals surface area contributed by atoms with E-state index in [4.69, 9.17) is 10.3 Å². The molecule has 0 bridgehead atoms. The first-order chi connectivity index (χ1) is 9.13. The van der Waals surface area contributed by atoms with Crippen LogP contribution in [0, 0.1) is 13.8 Å². The van der Waals surface area contributed by atoms with Crippen LogP contribution < -0.4 is 5.73 Å². The predicted octanol–water partition coefficient (Wildman–Crippen LogP) is 3.78. The third-order valence-electron chi connectivity index (χ3n) is 2.91. The lowest BCUT2D eigenvalue weighted by molar-refractivity contribution is 0.392. The lowest BCUT2D eigenvalue weighted by Crippen LogP contribution is -1.84. The summed E-state index contributed by atoms with van der Waals surface area (Å²) in [6.07, 6.45) is 0. The van der Waals surface area contributed by atoms with E-state index < -0.39 is 0 Å². The van der Waals surface area contributed by atoms with Gasteiger partial charge in [0.1, 0.15) is 5.76 Å². The van der Waals surface area contributed by atoms with E-state index in [2.05, 4.69) is 10.1 Å². The van der Waals surface area contributed by atoms with Crippen LogP contribution in [0.5, 0.6) is 0 Å². The van der Waals surface area contributed by atoms with Gasteiger partial charge in [-0.05, 0) is 32.0 Å². The molecule has 0 aliphatic carbocycles. The maximum Gasteiger partial charge on any atom is 0.151 e. The molecule has 0 saturated carbocycles. The van der Waals surface area contributed by atoms with Gasteiger partial charge in [-0.25, -0.2) is 4.98 Å². The molecule has 0 amide bonds. The molecule has 0 radical (unpaired) electrons. The molecule has 0 fully saturated rings. The van der Waals surface area contributed by atoms with Crippen molar-refractivity contribution in [2.45, 2.75) is 23.9 Å². The number of aryl methyl sites for hydroxylation is 2. The first-order valence-corrected chi connectivity index (χ1v) is 7.64. The molecule has 4 nitrogen and oxygen atoms in total. The number of nitrogen functional groups attached to an aromatic ring is 1. The van der Waals surface area contributed by atoms with Crippen LogP contribution in [0.3, 0.4) is 0 Å². The van der Waals surface area contributed by atoms with Gasteiger partial charge < -0.3 is 10.3 Å². The Morgan fingerprint density at radius 1 is 1.37 bits per heavy atom. The van der Waals surface area contributed by atoms with Crippen molar-refractivity contribution in [3.05, 3.63) is 35.2 Å². The Morgan fingerprint density at radius 3 is 2.95 bits per heavy atom. The molecule has 19 heavy (non-hydrogen) atoms. The number of thiazole rings is 1. The van der Waals surface area contributed by atoms with Gasteiger partial charge in [0, 0.05) is 17.0 Å². The number of nitrogens with two attached hydrogens (primary N) is 1. The normalized spacial score (nSPS) is 11.3. The number of fused-ring (bicyclic) bond motifs is 1. The van der Waals surface area contributed by atoms with Crippen molar-refractivity contribution in [1.82, 2.24) is 10.1 Å². The SMILES string of the molecule is Cc1noc(C)c1CSc1nc2ccc(N)cc2s1. The summed E-state index contributed by atoms with van der Waals surface area (Å²) < 4.78 is 7.33. The predicted molar refractivity (Wildman–Crippen MR) is 79.6 cm³/mol. The van der Waals surface area contributed by atoms with Crippen LogP contribution in [0.4, 0.5) is 5.69 Å². The van der Waals surface area contributed by atoms with E-state index in [1.54, 1.807) is 23.1 Å². The highest BCUT2D eigenvalue weighted by Gasteiger charge is 2.11. The van der Waals surface area contributed by atoms with Crippen molar-refractivity contribution in [2.24, 2.45) is 0 Å². The molecule has 0 spiro atoms. The van der Waals surface area contributed by atoms with Gasteiger partial charge in [0.2, 0.25) is 0 Å². The minimum Gasteiger partial charge on any atom is -0.399 e. The Morgan fingerprint density at radius 2 is 2.21 bits per heavy atom. The molecule has 0 saturated heterocycles. The average Bonchev–Trinajstić information content (AvgIpc) is 2.91. The fraction of sp³-hybridized carbons (Fsp3) is 0.231. The van der Waals surface area contributed by atoms with E-state index in [0.29, 0.717) is 0 Å². The highest BCUT2D eigenvalue weighted by atomic mass is 32.2. The number of nitrogens with zero attached hydrogens (tertiary/aromatic N) is 2. The first-order valence-electron chi connectivity index (χ1n) is 5.84. The molecule has 3 aromatic rings. The lowest BCUT2D eigenvalue weighted by atomic mass is 10.2. The largest absolute Gasteiger partial charge is 0.399 e. The van der Waals surface area contributed by atoms with Crippen molar-refractivity contribution in [2.75, 3.05) is 5.73 Å². The number of benzene rings is 1. The van der Waals surface area contributed by atoms with Gasteiger partial charge in [0.25, 0.3) is 0 Å². The monoisotopic (exact) mass is 291 g/mol. The highest BCUT2D eigenvalue weighted by molar-refractivity contribution is 8.00. The second kappa shape index (κ2) is 4.86. The molecular weight excluding hydrogens is 278 g/mol. The van der Waals surface area contributed by atoms with Gasteiger partial charge in [-0.2, -0.15) is 0 Å². The summed E-state index contributed by atoms with van der Waals surface area (Å²) >= 11 is 3.37. The van der Waals surface area contributed by atoms with Crippen LogP contribution in [-0.2, 0) is 5.75 Å². The maximum absolute atomic E-state index is 5.78. The van der Waals surface area contributed by atoms with E-state index in [-0.39, 0.29) is 0 Å². The summed E-state index contributed by atoms with van der Waals surface area (Å²) in [5.41, 5.74) is 9.66. The molecule has 98 valence electrons. The maximum atomic E-state index is 5.78. The number of thioether (sulfide) groups is 1. The molecule has 1 aromatic carbocycles. The van der Waals surface area contributed by atoms with E-state index >= 15 is 0 Å². The number of anilines is 1. The zero-order valence-corrected chi connectivity index (χ0v) is 12.3. The van der Waals surface area contributed by atoms with E-state index in [1.807, 2.05) is 32.0 Å². The molecular formula is C13H13N3OS2. The van der Waals surface area contributed by atoms with Gasteiger partial charge in [0.05, 0.1) is 15.9 Å². The summed E-state index contributed by atoms with van der Waals surface area (Å²) in [7, 11) is 0. The Hall–Kier alpha value is -1.53. The van der Waals surface area contributed by atoms with Gasteiger partial charge in [-0.3, -0.25) is 0 Å². The van der Waals surface area contributed by atoms with Crippen LogP contribution in [0.25, 0.3) is 10.2 Å². The van der Waals surface area contributed by atoms with Crippen molar-refractivity contribution >= 4 is 39.0 Å². The fourth-order valence-electron chi connectivity index (χ4n) is 1.82. The smallest absolute Gasteiger partial charge is 0.151 e. The highest BCUT2D eigenvalue weighted by Crippen LogP contribution is 2.33. The van der Waals surface area contributed by atoms with Crippen LogP contribution in [0.15, 0.2) is 27.1 Å². The molecule has 0 aliphatic heterocycles. The minimum absolute atomic E-state index is 0.776. The van der Waals surface area contributed by atoms with Crippen molar-refractivity contribution in [3.8, 4) is 0 Å². The zero-order valence-electron chi connectivity index (χ0n) is 10.6. The van der Waals surface area contributed by atoms with Crippen LogP contribution in [0.1, 0.15) is 17.0 Å². The van der Waals surface area contributed by atoms with Gasteiger partial charge in [-0.1, -0.05) is 16.9 Å². The van der Waals surface area contributed by atoms with Gasteiger partial charge >= 0.3 is 0 Å². The second-order valence-electron chi connectivity index (χ2n) is 4.30. The average molecular weight is 291 g/mol. The second-order valence-corrected chi connectivity index (χ2v) is 6.55. The van der Waals surface area contributed by atoms with Gasteiger partial charge in [0.15, 0.2) is 4.34 Å². The molecule has 0 aliphatic rings. The summed E-state index contributed by atoms with van der Waals surface area (Å²) in [4.78, 5) is 4.59. The standard InChI is InChI=1S/C13H13N3OS2/c1-7-10(8(2)17-16-7)6-18-13-15-11-4-3-9(14)5-12(11)19-13/h3-5H,6,14H2,1-2H3. The Bertz CT molecular complexity index is 713. The molecule has 2 heterocycles. The third kappa shape index (κ3) is 2.46. The zero-order chi connectivity index (χ0) is 13.4. The van der Waals surface area contributed by atoms with Crippen molar-refractivity contribution in [1.29, 1.82) is 0 Å². The third-order valence-corrected chi connectivity index (χ3v) is 5.10. The number of hydrogen-bond donors (Lipinski definition) is 1. The molecule has 0 atom stereocenters. The van der Waals surface area contributed by atoms with Crippen LogP contribution in [0.2, 0.25) is 0 Å². The summed E-state index contributed by atoms with van der Waals surface area (Å²) in [6.45, 7) is 3.90. The van der Waals surface area contributed by atoms with E-state index in [1.165, 1.54) is 0 Å². The van der Waals surface area contributed by atoms with Crippen molar-refractivity contribution in [3.63, 3.8) is 0 Å². The van der Waals surface area contributed by atoms with Crippen LogP contribution in [-0.4, -0.2) is 10.1 Å². The summed E-state index contributed by atoms with van der Waals surface area (Å²) in [6, 6.07) is 5.80. The number of aromatic nitrogens is 2. The lowest BCUT2D eigenvalue weighted by Gasteiger charge is -1.96. The van der Waals surface area contributed by atoms with E-state index in [0.717, 1.165) is 43.0 Å². The molecule has 0 unspecified atom stereocenters. The Kier molecular flexibility index (Phi) is 3.20. The molecule has 3 rings (SSSR count). The quantitative estimate of drug-likeness (QED) is 0.587.